The molecule has 1 aliphatic rings. The molecule has 27 heavy (non-hydrogen) atoms. The van der Waals surface area contributed by atoms with Gasteiger partial charge in [-0.15, -0.1) is 11.3 Å². The molecule has 0 atom stereocenters. The van der Waals surface area contributed by atoms with Crippen LogP contribution in [0.25, 0.3) is 11.3 Å². The number of aryl methyl sites for hydroxylation is 2. The van der Waals surface area contributed by atoms with Crippen LogP contribution in [0.2, 0.25) is 0 Å². The molecule has 2 aromatic heterocycles. The number of thioether (sulfide) groups is 1. The highest BCUT2D eigenvalue weighted by molar-refractivity contribution is 7.98. The van der Waals surface area contributed by atoms with E-state index in [4.69, 9.17) is 5.73 Å². The molecule has 0 spiro atoms. The van der Waals surface area contributed by atoms with Crippen molar-refractivity contribution in [1.82, 2.24) is 15.3 Å². The summed E-state index contributed by atoms with van der Waals surface area (Å²) in [5, 5.41) is 3.05. The van der Waals surface area contributed by atoms with Crippen molar-refractivity contribution in [3.05, 3.63) is 63.0 Å². The summed E-state index contributed by atoms with van der Waals surface area (Å²) in [6.45, 7) is 2.55. The Labute approximate surface area is 166 Å². The second-order valence-corrected chi connectivity index (χ2v) is 8.73. The highest BCUT2D eigenvalue weighted by Crippen LogP contribution is 2.31. The SMILES string of the molecule is Cc1cc(-c2ccnc(N)n2)ccc1CNC(=O)c1cc2c(s1)CCSC2. The highest BCUT2D eigenvalue weighted by atomic mass is 32.2. The van der Waals surface area contributed by atoms with Gasteiger partial charge in [-0.05, 0) is 54.0 Å². The van der Waals surface area contributed by atoms with Crippen LogP contribution >= 0.6 is 23.1 Å². The fraction of sp³-hybridized carbons (Fsp3) is 0.250. The predicted molar refractivity (Wildman–Crippen MR) is 112 cm³/mol. The molecule has 0 saturated heterocycles. The Morgan fingerprint density at radius 2 is 2.19 bits per heavy atom. The summed E-state index contributed by atoms with van der Waals surface area (Å²) in [6.07, 6.45) is 2.73. The number of nitrogens with two attached hydrogens (primary N) is 1. The molecule has 0 radical (unpaired) electrons. The summed E-state index contributed by atoms with van der Waals surface area (Å²) in [4.78, 5) is 22.9. The fourth-order valence-electron chi connectivity index (χ4n) is 3.11. The fourth-order valence-corrected chi connectivity index (χ4v) is 5.40. The molecule has 7 heteroatoms. The number of hydrogen-bond donors (Lipinski definition) is 2. The number of carbonyl (C=O) groups excluding carboxylic acids is 1. The first-order valence-electron chi connectivity index (χ1n) is 8.76. The number of fused-ring (bicyclic) bond motifs is 1. The van der Waals surface area contributed by atoms with Crippen LogP contribution in [0.5, 0.6) is 0 Å². The van der Waals surface area contributed by atoms with Crippen molar-refractivity contribution in [3.63, 3.8) is 0 Å². The third-order valence-corrected chi connectivity index (χ3v) is 6.85. The lowest BCUT2D eigenvalue weighted by Crippen LogP contribution is -2.22. The molecule has 1 aromatic carbocycles. The first-order chi connectivity index (χ1) is 13.1. The number of nitrogen functional groups attached to an aromatic ring is 1. The van der Waals surface area contributed by atoms with E-state index in [0.717, 1.165) is 45.2 Å². The van der Waals surface area contributed by atoms with Crippen LogP contribution in [0.4, 0.5) is 5.95 Å². The minimum Gasteiger partial charge on any atom is -0.368 e. The molecule has 0 saturated carbocycles. The zero-order valence-electron chi connectivity index (χ0n) is 15.0. The molecule has 3 heterocycles. The van der Waals surface area contributed by atoms with Crippen LogP contribution < -0.4 is 11.1 Å². The Morgan fingerprint density at radius 1 is 1.30 bits per heavy atom. The van der Waals surface area contributed by atoms with Crippen LogP contribution in [0.3, 0.4) is 0 Å². The van der Waals surface area contributed by atoms with Gasteiger partial charge in [0.2, 0.25) is 5.95 Å². The zero-order valence-corrected chi connectivity index (χ0v) is 16.6. The summed E-state index contributed by atoms with van der Waals surface area (Å²) in [6, 6.07) is 9.97. The molecule has 1 amide bonds. The Bertz CT molecular complexity index is 976. The lowest BCUT2D eigenvalue weighted by molar-refractivity contribution is 0.0955. The molecule has 5 nitrogen and oxygen atoms in total. The maximum atomic E-state index is 12.5. The van der Waals surface area contributed by atoms with Crippen LogP contribution in [0.1, 0.15) is 31.2 Å². The van der Waals surface area contributed by atoms with E-state index in [9.17, 15) is 4.79 Å². The summed E-state index contributed by atoms with van der Waals surface area (Å²) >= 11 is 3.57. The minimum absolute atomic E-state index is 0.00597. The van der Waals surface area contributed by atoms with Crippen LogP contribution in [0, 0.1) is 6.92 Å². The van der Waals surface area contributed by atoms with Crippen LogP contribution in [-0.2, 0) is 18.7 Å². The Hall–Kier alpha value is -2.38. The van der Waals surface area contributed by atoms with E-state index in [-0.39, 0.29) is 11.9 Å². The lowest BCUT2D eigenvalue weighted by Gasteiger charge is -2.10. The van der Waals surface area contributed by atoms with Gasteiger partial charge in [-0.1, -0.05) is 12.1 Å². The van der Waals surface area contributed by atoms with E-state index in [1.165, 1.54) is 10.4 Å². The number of thiophene rings is 1. The van der Waals surface area contributed by atoms with Gasteiger partial charge in [0.05, 0.1) is 10.6 Å². The van der Waals surface area contributed by atoms with E-state index in [1.54, 1.807) is 17.5 Å². The van der Waals surface area contributed by atoms with E-state index < -0.39 is 0 Å². The molecule has 4 rings (SSSR count). The summed E-state index contributed by atoms with van der Waals surface area (Å²) in [7, 11) is 0. The smallest absolute Gasteiger partial charge is 0.261 e. The normalized spacial score (nSPS) is 13.2. The number of nitrogens with zero attached hydrogens (tertiary/aromatic N) is 2. The van der Waals surface area contributed by atoms with Gasteiger partial charge in [-0.3, -0.25) is 4.79 Å². The number of carbonyl (C=O) groups is 1. The van der Waals surface area contributed by atoms with Gasteiger partial charge in [-0.25, -0.2) is 9.97 Å². The van der Waals surface area contributed by atoms with Gasteiger partial charge in [0.1, 0.15) is 0 Å². The van der Waals surface area contributed by atoms with E-state index in [0.29, 0.717) is 6.54 Å². The summed E-state index contributed by atoms with van der Waals surface area (Å²) in [5.41, 5.74) is 11.0. The summed E-state index contributed by atoms with van der Waals surface area (Å²) in [5.74, 6) is 2.44. The molecule has 0 aliphatic carbocycles. The molecule has 0 fully saturated rings. The quantitative estimate of drug-likeness (QED) is 0.701. The number of nitrogens with one attached hydrogen (secondary N) is 1. The second kappa shape index (κ2) is 7.70. The average molecular weight is 397 g/mol. The largest absolute Gasteiger partial charge is 0.368 e. The first-order valence-corrected chi connectivity index (χ1v) is 10.7. The number of rotatable bonds is 4. The average Bonchev–Trinajstić information content (AvgIpc) is 3.11. The number of aromatic nitrogens is 2. The maximum absolute atomic E-state index is 12.5. The van der Waals surface area contributed by atoms with Gasteiger partial charge < -0.3 is 11.1 Å². The minimum atomic E-state index is 0.00597. The van der Waals surface area contributed by atoms with Crippen molar-refractivity contribution < 1.29 is 4.79 Å². The standard InChI is InChI=1S/C20H20N4OS2/c1-12-8-13(16-4-6-22-20(21)24-16)2-3-14(12)10-23-19(25)18-9-15-11-26-7-5-17(15)27-18/h2-4,6,8-9H,5,7,10-11H2,1H3,(H,23,25)(H2,21,22,24). The molecule has 1 aliphatic heterocycles. The van der Waals surface area contributed by atoms with Crippen LogP contribution in [-0.4, -0.2) is 21.6 Å². The zero-order chi connectivity index (χ0) is 18.8. The molecule has 138 valence electrons. The van der Waals surface area contributed by atoms with Gasteiger partial charge in [-0.2, -0.15) is 11.8 Å². The Kier molecular flexibility index (Phi) is 5.13. The van der Waals surface area contributed by atoms with Crippen molar-refractivity contribution in [2.45, 2.75) is 25.6 Å². The van der Waals surface area contributed by atoms with Crippen LogP contribution in [0.15, 0.2) is 36.5 Å². The molecule has 3 aromatic rings. The Balaban J connectivity index is 1.45. The topological polar surface area (TPSA) is 80.9 Å². The third kappa shape index (κ3) is 3.99. The van der Waals surface area contributed by atoms with Gasteiger partial charge in [0.15, 0.2) is 0 Å². The Morgan fingerprint density at radius 3 is 2.96 bits per heavy atom. The molecule has 0 unspecified atom stereocenters. The molecule has 0 bridgehead atoms. The lowest BCUT2D eigenvalue weighted by atomic mass is 10.0. The van der Waals surface area contributed by atoms with Gasteiger partial charge >= 0.3 is 0 Å². The van der Waals surface area contributed by atoms with Crippen molar-refractivity contribution in [1.29, 1.82) is 0 Å². The molecule has 3 N–H and O–H groups in total. The van der Waals surface area contributed by atoms with Gasteiger partial charge in [0.25, 0.3) is 5.91 Å². The maximum Gasteiger partial charge on any atom is 0.261 e. The first kappa shape index (κ1) is 18.0. The molecular formula is C20H20N4OS2. The van der Waals surface area contributed by atoms with Crippen molar-refractivity contribution in [3.8, 4) is 11.3 Å². The molecular weight excluding hydrogens is 376 g/mol. The third-order valence-electron chi connectivity index (χ3n) is 4.60. The monoisotopic (exact) mass is 396 g/mol. The number of hydrogen-bond acceptors (Lipinski definition) is 6. The van der Waals surface area contributed by atoms with E-state index in [2.05, 4.69) is 27.4 Å². The summed E-state index contributed by atoms with van der Waals surface area (Å²) < 4.78 is 0. The van der Waals surface area contributed by atoms with E-state index >= 15 is 0 Å². The van der Waals surface area contributed by atoms with Crippen molar-refractivity contribution in [2.75, 3.05) is 11.5 Å². The van der Waals surface area contributed by atoms with Crippen molar-refractivity contribution >= 4 is 35.0 Å². The second-order valence-electron chi connectivity index (χ2n) is 6.49. The number of benzene rings is 1. The highest BCUT2D eigenvalue weighted by Gasteiger charge is 2.17. The number of amides is 1. The predicted octanol–water partition coefficient (Wildman–Crippen LogP) is 3.82. The van der Waals surface area contributed by atoms with E-state index in [1.807, 2.05) is 36.9 Å². The van der Waals surface area contributed by atoms with Crippen molar-refractivity contribution in [2.24, 2.45) is 0 Å². The number of anilines is 1. The van der Waals surface area contributed by atoms with Gasteiger partial charge in [0, 0.05) is 28.9 Å².